The van der Waals surface area contributed by atoms with E-state index >= 15 is 0 Å². The van der Waals surface area contributed by atoms with E-state index in [1.54, 1.807) is 12.1 Å². The van der Waals surface area contributed by atoms with Gasteiger partial charge in [-0.05, 0) is 167 Å². The average molecular weight is 1310 g/mol. The summed E-state index contributed by atoms with van der Waals surface area (Å²) in [5, 5.41) is 27.5. The Bertz CT molecular complexity index is 5340. The predicted octanol–water partition coefficient (Wildman–Crippen LogP) is 13.2. The molecule has 0 saturated heterocycles. The van der Waals surface area contributed by atoms with Crippen molar-refractivity contribution in [3.05, 3.63) is 252 Å². The van der Waals surface area contributed by atoms with Crippen LogP contribution in [-0.4, -0.2) is 88.2 Å². The van der Waals surface area contributed by atoms with Gasteiger partial charge in [0.15, 0.2) is 0 Å². The number of aromatic nitrogens is 8. The van der Waals surface area contributed by atoms with Gasteiger partial charge in [0.05, 0.1) is 59.8 Å². The number of nitrogens with one attached hydrogen (secondary N) is 4. The van der Waals surface area contributed by atoms with Crippen molar-refractivity contribution in [3.63, 3.8) is 0 Å². The standard InChI is InChI=1S/2C20H18N2O3.2C19H16N2O3/c2*1-10-8-15-13-7-5-4-6-12(13)11(2)21-18(15)17-14(10)9-16(19(23)22-17)20(24)25-3;2*1-9-7-14-12-6-4-3-5-11(12)10(2)20-17(14)16-13(9)8-15(19(23)24)18(22)21-16/h2*4-7,9-10H,8H2,1-3H3,(H,22,23);2*3-6,8-9H,7H2,1-2H3,(H,21,22)(H,23,24). The molecule has 0 radical (unpaired) electrons. The minimum atomic E-state index is -1.21. The Morgan fingerprint density at radius 1 is 0.357 bits per heavy atom. The molecule has 20 heteroatoms. The first-order valence-corrected chi connectivity index (χ1v) is 32.2. The number of methoxy groups -OCH3 is 2. The van der Waals surface area contributed by atoms with Gasteiger partial charge >= 0.3 is 23.9 Å². The molecular formula is C78H68N8O12. The molecule has 0 bridgehead atoms. The zero-order chi connectivity index (χ0) is 69.4. The number of carbonyl (C=O) groups is 4. The Kier molecular flexibility index (Phi) is 16.8. The molecule has 4 aliphatic rings. The summed E-state index contributed by atoms with van der Waals surface area (Å²) in [5.41, 5.74) is 15.0. The number of hydrogen-bond donors (Lipinski definition) is 6. The number of carboxylic acid groups (broad SMARTS) is 2. The van der Waals surface area contributed by atoms with Gasteiger partial charge in [0.25, 0.3) is 22.2 Å². The predicted molar refractivity (Wildman–Crippen MR) is 375 cm³/mol. The number of carboxylic acids is 2. The van der Waals surface area contributed by atoms with Crippen LogP contribution in [0.4, 0.5) is 0 Å². The Morgan fingerprint density at radius 2 is 0.561 bits per heavy atom. The normalized spacial score (nSPS) is 15.7. The summed E-state index contributed by atoms with van der Waals surface area (Å²) in [4.78, 5) is 125. The van der Waals surface area contributed by atoms with E-state index in [1.165, 1.54) is 37.1 Å². The highest BCUT2D eigenvalue weighted by Gasteiger charge is 2.33. The first-order chi connectivity index (χ1) is 47.0. The number of aryl methyl sites for hydroxylation is 4. The molecule has 0 spiro atoms. The first kappa shape index (κ1) is 64.9. The lowest BCUT2D eigenvalue weighted by molar-refractivity contribution is 0.0589. The van der Waals surface area contributed by atoms with Gasteiger partial charge in [-0.3, -0.25) is 39.1 Å². The first-order valence-electron chi connectivity index (χ1n) is 32.2. The van der Waals surface area contributed by atoms with Gasteiger partial charge < -0.3 is 39.6 Å². The molecule has 0 amide bonds. The lowest BCUT2D eigenvalue weighted by Crippen LogP contribution is -2.24. The molecule has 0 aliphatic heterocycles. The number of nitrogens with zero attached hydrogens (tertiary/aromatic N) is 4. The third-order valence-electron chi connectivity index (χ3n) is 19.5. The second-order valence-corrected chi connectivity index (χ2v) is 25.7. The number of H-pyrrole nitrogens is 4. The summed E-state index contributed by atoms with van der Waals surface area (Å²) < 4.78 is 9.43. The quantitative estimate of drug-likeness (QED) is 0.0892. The Balaban J connectivity index is 0.000000118. The molecule has 4 unspecified atom stereocenters. The summed E-state index contributed by atoms with van der Waals surface area (Å²) in [6, 6.07) is 38.9. The van der Waals surface area contributed by atoms with Crippen molar-refractivity contribution in [2.75, 3.05) is 14.2 Å². The van der Waals surface area contributed by atoms with Crippen LogP contribution in [0.15, 0.2) is 141 Å². The number of hydrogen-bond acceptors (Lipinski definition) is 14. The van der Waals surface area contributed by atoms with Crippen molar-refractivity contribution < 1.29 is 38.9 Å². The molecule has 0 saturated carbocycles. The molecule has 98 heavy (non-hydrogen) atoms. The van der Waals surface area contributed by atoms with Gasteiger partial charge in [0, 0.05) is 44.3 Å². The van der Waals surface area contributed by atoms with Crippen molar-refractivity contribution in [1.82, 2.24) is 39.9 Å². The zero-order valence-electron chi connectivity index (χ0n) is 55.5. The third kappa shape index (κ3) is 11.2. The monoisotopic (exact) mass is 1310 g/mol. The van der Waals surface area contributed by atoms with Crippen LogP contribution < -0.4 is 22.2 Å². The topological polar surface area (TPSA) is 310 Å². The smallest absolute Gasteiger partial charge is 0.343 e. The largest absolute Gasteiger partial charge is 0.477 e. The van der Waals surface area contributed by atoms with Crippen molar-refractivity contribution in [2.24, 2.45) is 0 Å². The molecule has 8 heterocycles. The summed E-state index contributed by atoms with van der Waals surface area (Å²) in [6.07, 6.45) is 3.15. The van der Waals surface area contributed by atoms with E-state index in [1.807, 2.05) is 102 Å². The second kappa shape index (κ2) is 25.4. The maximum Gasteiger partial charge on any atom is 0.343 e. The second-order valence-electron chi connectivity index (χ2n) is 25.7. The number of ether oxygens (including phenoxy) is 2. The number of benzene rings is 4. The van der Waals surface area contributed by atoms with Gasteiger partial charge in [-0.2, -0.15) is 0 Å². The Labute approximate surface area is 559 Å². The number of carbonyl (C=O) groups excluding carboxylic acids is 2. The fourth-order valence-corrected chi connectivity index (χ4v) is 14.6. The minimum absolute atomic E-state index is 0.0362. The maximum atomic E-state index is 12.4. The van der Waals surface area contributed by atoms with Crippen LogP contribution in [0.5, 0.6) is 0 Å². The Hall–Kier alpha value is -11.8. The molecule has 6 N–H and O–H groups in total. The van der Waals surface area contributed by atoms with Crippen molar-refractivity contribution in [2.45, 2.75) is 105 Å². The SMILES string of the molecule is COC(=O)c1cc2c([nH]c1=O)-c1nc(C)c3ccccc3c1CC2C.COC(=O)c1cc2c([nH]c1=O)-c1nc(C)c3ccccc3c1CC2C.Cc1nc2c(c3ccccc13)CC(C)c1cc(C(=O)O)c(=O)[nH]c1-2.Cc1nc2c(c3ccccc13)CC(C)c1cc(C(=O)O)c(=O)[nH]c1-2. The highest BCUT2D eigenvalue weighted by Crippen LogP contribution is 2.45. The molecule has 4 atom stereocenters. The lowest BCUT2D eigenvalue weighted by Gasteiger charge is -2.26. The molecular weight excluding hydrogens is 1240 g/mol. The van der Waals surface area contributed by atoms with Crippen molar-refractivity contribution in [1.29, 1.82) is 0 Å². The zero-order valence-corrected chi connectivity index (χ0v) is 55.5. The fraction of sp³-hybridized carbons (Fsp3) is 0.231. The van der Waals surface area contributed by atoms with Gasteiger partial charge in [0.2, 0.25) is 0 Å². The van der Waals surface area contributed by atoms with Gasteiger partial charge in [-0.25, -0.2) is 19.2 Å². The van der Waals surface area contributed by atoms with E-state index in [9.17, 15) is 48.6 Å². The highest BCUT2D eigenvalue weighted by atomic mass is 16.5. The molecule has 16 rings (SSSR count). The number of rotatable bonds is 4. The molecule has 20 nitrogen and oxygen atoms in total. The van der Waals surface area contributed by atoms with E-state index in [-0.39, 0.29) is 45.9 Å². The van der Waals surface area contributed by atoms with Crippen LogP contribution in [0.25, 0.3) is 88.6 Å². The molecule has 0 fully saturated rings. The number of aromatic carboxylic acids is 2. The summed E-state index contributed by atoms with van der Waals surface area (Å²) >= 11 is 0. The number of pyridine rings is 8. The Morgan fingerprint density at radius 3 is 0.776 bits per heavy atom. The van der Waals surface area contributed by atoms with Crippen LogP contribution in [-0.2, 0) is 35.2 Å². The van der Waals surface area contributed by atoms with E-state index in [0.29, 0.717) is 22.8 Å². The molecule has 492 valence electrons. The van der Waals surface area contributed by atoms with Gasteiger partial charge in [0.1, 0.15) is 22.3 Å². The minimum Gasteiger partial charge on any atom is -0.477 e. The van der Waals surface area contributed by atoms with Crippen LogP contribution in [0.2, 0.25) is 0 Å². The van der Waals surface area contributed by atoms with Gasteiger partial charge in [-0.1, -0.05) is 125 Å². The van der Waals surface area contributed by atoms with E-state index in [4.69, 9.17) is 29.4 Å². The van der Waals surface area contributed by atoms with Crippen LogP contribution in [0.1, 0.15) is 160 Å². The maximum absolute atomic E-state index is 12.4. The van der Waals surface area contributed by atoms with Crippen molar-refractivity contribution >= 4 is 67.0 Å². The van der Waals surface area contributed by atoms with Crippen LogP contribution in [0, 0.1) is 27.7 Å². The summed E-state index contributed by atoms with van der Waals surface area (Å²) in [5.74, 6) is -3.12. The molecule has 8 aromatic heterocycles. The number of aromatic amines is 4. The number of esters is 2. The van der Waals surface area contributed by atoms with E-state index < -0.39 is 46.1 Å². The van der Waals surface area contributed by atoms with E-state index in [2.05, 4.69) is 70.2 Å². The molecule has 4 aromatic carbocycles. The van der Waals surface area contributed by atoms with Gasteiger partial charge in [-0.15, -0.1) is 0 Å². The summed E-state index contributed by atoms with van der Waals surface area (Å²) in [6.45, 7) is 16.1. The lowest BCUT2D eigenvalue weighted by atomic mass is 9.82. The molecule has 4 aliphatic carbocycles. The van der Waals surface area contributed by atoms with E-state index in [0.717, 1.165) is 148 Å². The highest BCUT2D eigenvalue weighted by molar-refractivity contribution is 5.98. The average Bonchev–Trinajstić information content (AvgIpc) is 0.763. The van der Waals surface area contributed by atoms with Crippen molar-refractivity contribution in [3.8, 4) is 45.6 Å². The number of fused-ring (bicyclic) bond motifs is 20. The van der Waals surface area contributed by atoms with Crippen LogP contribution in [0.3, 0.4) is 0 Å². The summed E-state index contributed by atoms with van der Waals surface area (Å²) in [7, 11) is 2.55. The molecule has 12 aromatic rings. The van der Waals surface area contributed by atoms with Crippen LogP contribution >= 0.6 is 0 Å². The fourth-order valence-electron chi connectivity index (χ4n) is 14.6. The third-order valence-corrected chi connectivity index (χ3v) is 19.5.